The van der Waals surface area contributed by atoms with Gasteiger partial charge < -0.3 is 28.5 Å². The quantitative estimate of drug-likeness (QED) is 0.416. The summed E-state index contributed by atoms with van der Waals surface area (Å²) in [6.07, 6.45) is 0. The van der Waals surface area contributed by atoms with Crippen molar-refractivity contribution in [2.75, 3.05) is 0 Å². The molecule has 0 fully saturated rings. The lowest BCUT2D eigenvalue weighted by atomic mass is 10.2. The highest BCUT2D eigenvalue weighted by Crippen LogP contribution is 2.62. The van der Waals surface area contributed by atoms with Gasteiger partial charge in [0.2, 0.25) is 28.8 Å². The van der Waals surface area contributed by atoms with Gasteiger partial charge in [0.15, 0.2) is 11.5 Å². The second-order valence-corrected chi connectivity index (χ2v) is 20.8. The van der Waals surface area contributed by atoms with E-state index in [0.29, 0.717) is 0 Å². The monoisotopic (exact) mass is 442 g/mol. The number of phenolic OH excluding ortho intramolecular Hbond substituents is 2. The molecule has 29 heavy (non-hydrogen) atoms. The van der Waals surface area contributed by atoms with Gasteiger partial charge in [0, 0.05) is 13.8 Å². The Morgan fingerprint density at radius 2 is 0.966 bits per heavy atom. The Kier molecular flexibility index (Phi) is 5.51. The Morgan fingerprint density at radius 1 is 0.690 bits per heavy atom. The van der Waals surface area contributed by atoms with Gasteiger partial charge in [-0.1, -0.05) is 41.5 Å². The van der Waals surface area contributed by atoms with Gasteiger partial charge in [-0.2, -0.15) is 0 Å². The summed E-state index contributed by atoms with van der Waals surface area (Å²) in [5.41, 5.74) is 0. The standard InChI is InChI=1S/C21H38O6Si2/c1-19(2,3)28(9,10)26-15-13(22)14(23)16(27-29(11,12)20(4,5)6)18-17(15)24-21(7,8)25-18/h22-23H,1-12H3. The molecule has 0 aromatic heterocycles. The molecule has 0 bridgehead atoms. The first-order valence-corrected chi connectivity index (χ1v) is 15.9. The van der Waals surface area contributed by atoms with Crippen molar-refractivity contribution >= 4 is 16.6 Å². The largest absolute Gasteiger partial charge is 0.538 e. The van der Waals surface area contributed by atoms with Gasteiger partial charge in [0.05, 0.1) is 0 Å². The average molecular weight is 443 g/mol. The maximum atomic E-state index is 10.9. The van der Waals surface area contributed by atoms with Crippen molar-refractivity contribution in [1.82, 2.24) is 0 Å². The fourth-order valence-corrected chi connectivity index (χ4v) is 4.35. The summed E-state index contributed by atoms with van der Waals surface area (Å²) in [6, 6.07) is 0. The predicted molar refractivity (Wildman–Crippen MR) is 121 cm³/mol. The van der Waals surface area contributed by atoms with Crippen LogP contribution in [0, 0.1) is 0 Å². The average Bonchev–Trinajstić information content (AvgIpc) is 2.81. The molecule has 0 radical (unpaired) electrons. The van der Waals surface area contributed by atoms with Crippen LogP contribution in [-0.4, -0.2) is 32.6 Å². The number of aromatic hydroxyl groups is 2. The molecule has 6 nitrogen and oxygen atoms in total. The van der Waals surface area contributed by atoms with Gasteiger partial charge in [0.1, 0.15) is 0 Å². The van der Waals surface area contributed by atoms with Gasteiger partial charge in [-0.25, -0.2) is 0 Å². The highest BCUT2D eigenvalue weighted by atomic mass is 28.4. The zero-order valence-electron chi connectivity index (χ0n) is 20.0. The number of benzene rings is 1. The molecule has 8 heteroatoms. The maximum Gasteiger partial charge on any atom is 0.250 e. The second-order valence-electron chi connectivity index (χ2n) is 11.3. The Labute approximate surface area is 177 Å². The molecule has 0 saturated heterocycles. The van der Waals surface area contributed by atoms with Crippen LogP contribution in [0.15, 0.2) is 0 Å². The summed E-state index contributed by atoms with van der Waals surface area (Å²) in [5.74, 6) is -0.908. The number of ether oxygens (including phenoxy) is 2. The number of fused-ring (bicyclic) bond motifs is 1. The lowest BCUT2D eigenvalue weighted by Gasteiger charge is -2.38. The summed E-state index contributed by atoms with van der Waals surface area (Å²) < 4.78 is 24.7. The van der Waals surface area contributed by atoms with Crippen LogP contribution < -0.4 is 18.3 Å². The van der Waals surface area contributed by atoms with Crippen molar-refractivity contribution < 1.29 is 28.5 Å². The van der Waals surface area contributed by atoms with E-state index < -0.39 is 22.4 Å². The highest BCUT2D eigenvalue weighted by molar-refractivity contribution is 6.75. The molecule has 2 rings (SSSR count). The molecule has 0 aliphatic carbocycles. The first-order valence-electron chi connectivity index (χ1n) is 10.1. The van der Waals surface area contributed by atoms with Crippen molar-refractivity contribution in [2.45, 2.75) is 97.4 Å². The van der Waals surface area contributed by atoms with Crippen molar-refractivity contribution in [3.05, 3.63) is 0 Å². The molecule has 166 valence electrons. The summed E-state index contributed by atoms with van der Waals surface area (Å²) in [6.45, 7) is 24.4. The lowest BCUT2D eigenvalue weighted by Crippen LogP contribution is -2.44. The summed E-state index contributed by atoms with van der Waals surface area (Å²) in [4.78, 5) is 0. The number of hydrogen-bond acceptors (Lipinski definition) is 6. The molecule has 0 atom stereocenters. The minimum atomic E-state index is -2.32. The van der Waals surface area contributed by atoms with E-state index in [9.17, 15) is 10.2 Å². The van der Waals surface area contributed by atoms with Gasteiger partial charge in [-0.3, -0.25) is 0 Å². The Morgan fingerprint density at radius 3 is 1.21 bits per heavy atom. The van der Waals surface area contributed by atoms with Crippen LogP contribution in [0.2, 0.25) is 36.3 Å². The van der Waals surface area contributed by atoms with E-state index in [1.165, 1.54) is 0 Å². The molecular weight excluding hydrogens is 404 g/mol. The molecule has 2 N–H and O–H groups in total. The fraction of sp³-hybridized carbons (Fsp3) is 0.714. The van der Waals surface area contributed by atoms with E-state index in [2.05, 4.69) is 67.7 Å². The molecule has 0 amide bonds. The number of rotatable bonds is 4. The van der Waals surface area contributed by atoms with E-state index in [-0.39, 0.29) is 44.6 Å². The van der Waals surface area contributed by atoms with Crippen LogP contribution in [-0.2, 0) is 0 Å². The van der Waals surface area contributed by atoms with Gasteiger partial charge in [-0.05, 0) is 36.3 Å². The first kappa shape index (κ1) is 23.7. The van der Waals surface area contributed by atoms with Gasteiger partial charge in [0.25, 0.3) is 16.6 Å². The predicted octanol–water partition coefficient (Wildman–Crippen LogP) is 6.37. The Bertz CT molecular complexity index is 736. The minimum absolute atomic E-state index is 0.104. The Hall–Kier alpha value is -1.55. The van der Waals surface area contributed by atoms with Crippen molar-refractivity contribution in [1.29, 1.82) is 0 Å². The van der Waals surface area contributed by atoms with Crippen molar-refractivity contribution in [2.24, 2.45) is 0 Å². The molecular formula is C21H38O6Si2. The van der Waals surface area contributed by atoms with E-state index in [4.69, 9.17) is 18.3 Å². The highest BCUT2D eigenvalue weighted by Gasteiger charge is 2.47. The lowest BCUT2D eigenvalue weighted by molar-refractivity contribution is -0.0443. The number of hydrogen-bond donors (Lipinski definition) is 2. The topological polar surface area (TPSA) is 77.4 Å². The normalized spacial score (nSPS) is 16.7. The van der Waals surface area contributed by atoms with Crippen LogP contribution in [0.1, 0.15) is 55.4 Å². The van der Waals surface area contributed by atoms with Crippen molar-refractivity contribution in [3.63, 3.8) is 0 Å². The Balaban J connectivity index is 2.68. The van der Waals surface area contributed by atoms with Crippen molar-refractivity contribution in [3.8, 4) is 34.5 Å². The minimum Gasteiger partial charge on any atom is -0.538 e. The molecule has 1 aliphatic rings. The van der Waals surface area contributed by atoms with E-state index in [0.717, 1.165) is 0 Å². The van der Waals surface area contributed by atoms with Crippen LogP contribution in [0.3, 0.4) is 0 Å². The molecule has 0 spiro atoms. The smallest absolute Gasteiger partial charge is 0.250 e. The molecule has 1 aliphatic heterocycles. The summed E-state index contributed by atoms with van der Waals surface area (Å²) in [7, 11) is -4.64. The molecule has 0 unspecified atom stereocenters. The van der Waals surface area contributed by atoms with Crippen LogP contribution in [0.4, 0.5) is 0 Å². The third-order valence-electron chi connectivity index (χ3n) is 6.30. The fourth-order valence-electron chi connectivity index (χ4n) is 2.34. The van der Waals surface area contributed by atoms with Crippen LogP contribution in [0.25, 0.3) is 0 Å². The second kappa shape index (κ2) is 6.73. The summed E-state index contributed by atoms with van der Waals surface area (Å²) in [5, 5.41) is 21.6. The summed E-state index contributed by atoms with van der Waals surface area (Å²) >= 11 is 0. The zero-order chi connectivity index (χ0) is 22.8. The van der Waals surface area contributed by atoms with E-state index >= 15 is 0 Å². The SMILES string of the molecule is CC1(C)Oc2c(O[Si](C)(C)C(C)(C)C)c(O)c(O)c(O[Si](C)(C)C(C)(C)C)c2O1. The van der Waals surface area contributed by atoms with Gasteiger partial charge in [-0.15, -0.1) is 0 Å². The van der Waals surface area contributed by atoms with Crippen LogP contribution >= 0.6 is 0 Å². The molecule has 1 heterocycles. The third kappa shape index (κ3) is 4.33. The van der Waals surface area contributed by atoms with E-state index in [1.807, 2.05) is 0 Å². The first-order chi connectivity index (χ1) is 12.7. The molecule has 0 saturated carbocycles. The third-order valence-corrected chi connectivity index (χ3v) is 14.9. The maximum absolute atomic E-state index is 10.9. The number of phenols is 2. The molecule has 1 aromatic carbocycles. The van der Waals surface area contributed by atoms with E-state index in [1.54, 1.807) is 13.8 Å². The van der Waals surface area contributed by atoms with Crippen LogP contribution in [0.5, 0.6) is 34.5 Å². The molecule has 1 aromatic rings. The zero-order valence-corrected chi connectivity index (χ0v) is 22.0. The van der Waals surface area contributed by atoms with Gasteiger partial charge >= 0.3 is 0 Å².